The van der Waals surface area contributed by atoms with Crippen LogP contribution in [0.5, 0.6) is 5.75 Å². The molecule has 7 nitrogen and oxygen atoms in total. The first-order valence-corrected chi connectivity index (χ1v) is 7.27. The van der Waals surface area contributed by atoms with Crippen LogP contribution < -0.4 is 5.32 Å². The molecule has 2 rings (SSSR count). The van der Waals surface area contributed by atoms with Crippen LogP contribution in [0, 0.1) is 6.92 Å². The number of hydrogen-bond donors (Lipinski definition) is 3. The lowest BCUT2D eigenvalue weighted by atomic mass is 10.2. The lowest BCUT2D eigenvalue weighted by molar-refractivity contribution is -0.136. The van der Waals surface area contributed by atoms with E-state index in [1.165, 1.54) is 0 Å². The Kier molecular flexibility index (Phi) is 5.62. The van der Waals surface area contributed by atoms with E-state index in [2.05, 4.69) is 15.5 Å². The number of hydrogen-bond acceptors (Lipinski definition) is 5. The van der Waals surface area contributed by atoms with Crippen molar-refractivity contribution in [2.45, 2.75) is 13.3 Å². The summed E-state index contributed by atoms with van der Waals surface area (Å²) in [6, 6.07) is 11.4. The Bertz CT molecular complexity index is 770. The standard InChI is InChI=1S/C17H17N3O4/c1-11-10-14(6-7-15(11)21)20-19-13-4-2-12(3-5-13)17(24)18-9-8-16(22)23/h2-7,10,21H,8-9H2,1H3,(H,18,24)(H,22,23)/b20-19+. The minimum atomic E-state index is -0.962. The summed E-state index contributed by atoms with van der Waals surface area (Å²) in [6.45, 7) is 1.85. The van der Waals surface area contributed by atoms with Crippen molar-refractivity contribution in [3.8, 4) is 5.75 Å². The van der Waals surface area contributed by atoms with Crippen LogP contribution in [0.3, 0.4) is 0 Å². The smallest absolute Gasteiger partial charge is 0.305 e. The molecule has 0 bridgehead atoms. The van der Waals surface area contributed by atoms with Crippen molar-refractivity contribution in [3.63, 3.8) is 0 Å². The number of amides is 1. The topological polar surface area (TPSA) is 111 Å². The van der Waals surface area contributed by atoms with Crippen LogP contribution in [0.2, 0.25) is 0 Å². The van der Waals surface area contributed by atoms with E-state index < -0.39 is 5.97 Å². The fraction of sp³-hybridized carbons (Fsp3) is 0.176. The van der Waals surface area contributed by atoms with Gasteiger partial charge >= 0.3 is 5.97 Å². The number of nitrogens with one attached hydrogen (secondary N) is 1. The highest BCUT2D eigenvalue weighted by Crippen LogP contribution is 2.24. The Morgan fingerprint density at radius 1 is 1.04 bits per heavy atom. The molecule has 0 aliphatic rings. The molecule has 7 heteroatoms. The zero-order valence-electron chi connectivity index (χ0n) is 13.1. The van der Waals surface area contributed by atoms with Crippen molar-refractivity contribution in [3.05, 3.63) is 53.6 Å². The molecular formula is C17H17N3O4. The number of azo groups is 1. The molecule has 3 N–H and O–H groups in total. The summed E-state index contributed by atoms with van der Waals surface area (Å²) in [5.74, 6) is -1.10. The zero-order chi connectivity index (χ0) is 17.5. The number of carbonyl (C=O) groups excluding carboxylic acids is 1. The van der Waals surface area contributed by atoms with Gasteiger partial charge in [-0.05, 0) is 55.0 Å². The van der Waals surface area contributed by atoms with E-state index in [0.29, 0.717) is 22.5 Å². The Morgan fingerprint density at radius 3 is 2.29 bits per heavy atom. The van der Waals surface area contributed by atoms with Crippen molar-refractivity contribution >= 4 is 23.3 Å². The van der Waals surface area contributed by atoms with Gasteiger partial charge in [0.25, 0.3) is 5.91 Å². The highest BCUT2D eigenvalue weighted by atomic mass is 16.4. The average molecular weight is 327 g/mol. The first-order chi connectivity index (χ1) is 11.5. The van der Waals surface area contributed by atoms with Crippen molar-refractivity contribution in [1.29, 1.82) is 0 Å². The number of carboxylic acids is 1. The number of aryl methyl sites for hydroxylation is 1. The van der Waals surface area contributed by atoms with Gasteiger partial charge in [-0.3, -0.25) is 9.59 Å². The SMILES string of the molecule is Cc1cc(/N=N/c2ccc(C(=O)NCCC(=O)O)cc2)ccc1O. The van der Waals surface area contributed by atoms with E-state index >= 15 is 0 Å². The second-order valence-corrected chi connectivity index (χ2v) is 5.12. The maximum Gasteiger partial charge on any atom is 0.305 e. The number of nitrogens with zero attached hydrogens (tertiary/aromatic N) is 2. The molecule has 1 amide bonds. The highest BCUT2D eigenvalue weighted by molar-refractivity contribution is 5.94. The number of carbonyl (C=O) groups is 2. The highest BCUT2D eigenvalue weighted by Gasteiger charge is 2.06. The molecule has 0 heterocycles. The van der Waals surface area contributed by atoms with Crippen molar-refractivity contribution < 1.29 is 19.8 Å². The summed E-state index contributed by atoms with van der Waals surface area (Å²) >= 11 is 0. The minimum Gasteiger partial charge on any atom is -0.508 e. The van der Waals surface area contributed by atoms with Crippen LogP contribution in [0.4, 0.5) is 11.4 Å². The second-order valence-electron chi connectivity index (χ2n) is 5.12. The van der Waals surface area contributed by atoms with Gasteiger partial charge in [0.2, 0.25) is 0 Å². The van der Waals surface area contributed by atoms with Gasteiger partial charge in [-0.1, -0.05) is 0 Å². The van der Waals surface area contributed by atoms with E-state index in [4.69, 9.17) is 5.11 Å². The molecule has 0 saturated heterocycles. The van der Waals surface area contributed by atoms with Crippen LogP contribution in [0.15, 0.2) is 52.7 Å². The summed E-state index contributed by atoms with van der Waals surface area (Å²) in [6.07, 6.45) is -0.121. The van der Waals surface area contributed by atoms with Gasteiger partial charge in [0.1, 0.15) is 5.75 Å². The summed E-state index contributed by atoms with van der Waals surface area (Å²) in [5.41, 5.74) is 2.31. The number of benzene rings is 2. The van der Waals surface area contributed by atoms with E-state index in [9.17, 15) is 14.7 Å². The third-order valence-electron chi connectivity index (χ3n) is 3.22. The Labute approximate surface area is 138 Å². The van der Waals surface area contributed by atoms with Crippen LogP contribution in [-0.2, 0) is 4.79 Å². The van der Waals surface area contributed by atoms with E-state index in [1.54, 1.807) is 49.4 Å². The minimum absolute atomic E-state index is 0.0792. The number of rotatable bonds is 6. The van der Waals surface area contributed by atoms with Gasteiger partial charge in [-0.15, -0.1) is 0 Å². The molecule has 0 saturated carbocycles. The molecule has 0 aliphatic heterocycles. The molecule has 0 aromatic heterocycles. The quantitative estimate of drug-likeness (QED) is 0.706. The monoisotopic (exact) mass is 327 g/mol. The van der Waals surface area contributed by atoms with Gasteiger partial charge in [0.05, 0.1) is 17.8 Å². The lowest BCUT2D eigenvalue weighted by Gasteiger charge is -2.03. The molecule has 24 heavy (non-hydrogen) atoms. The number of aliphatic carboxylic acids is 1. The predicted molar refractivity (Wildman–Crippen MR) is 88.0 cm³/mol. The molecule has 2 aromatic carbocycles. The zero-order valence-corrected chi connectivity index (χ0v) is 13.1. The van der Waals surface area contributed by atoms with Crippen LogP contribution in [0.25, 0.3) is 0 Å². The number of carboxylic acid groups (broad SMARTS) is 1. The van der Waals surface area contributed by atoms with Gasteiger partial charge in [-0.2, -0.15) is 10.2 Å². The molecule has 124 valence electrons. The second kappa shape index (κ2) is 7.87. The van der Waals surface area contributed by atoms with E-state index in [1.807, 2.05) is 0 Å². The summed E-state index contributed by atoms with van der Waals surface area (Å²) in [4.78, 5) is 22.2. The first kappa shape index (κ1) is 17.1. The maximum absolute atomic E-state index is 11.8. The van der Waals surface area contributed by atoms with Crippen LogP contribution >= 0.6 is 0 Å². The summed E-state index contributed by atoms with van der Waals surface area (Å²) in [5, 5.41) is 28.7. The van der Waals surface area contributed by atoms with E-state index in [0.717, 1.165) is 0 Å². The average Bonchev–Trinajstić information content (AvgIpc) is 2.56. The number of phenols is 1. The number of aromatic hydroxyl groups is 1. The van der Waals surface area contributed by atoms with E-state index in [-0.39, 0.29) is 24.6 Å². The lowest BCUT2D eigenvalue weighted by Crippen LogP contribution is -2.25. The fourth-order valence-corrected chi connectivity index (χ4v) is 1.88. The summed E-state index contributed by atoms with van der Waals surface area (Å²) in [7, 11) is 0. The van der Waals surface area contributed by atoms with Gasteiger partial charge < -0.3 is 15.5 Å². The van der Waals surface area contributed by atoms with Gasteiger partial charge in [0, 0.05) is 12.1 Å². The molecule has 0 unspecified atom stereocenters. The maximum atomic E-state index is 11.8. The fourth-order valence-electron chi connectivity index (χ4n) is 1.88. The predicted octanol–water partition coefficient (Wildman–Crippen LogP) is 3.32. The summed E-state index contributed by atoms with van der Waals surface area (Å²) < 4.78 is 0. The van der Waals surface area contributed by atoms with Gasteiger partial charge in [-0.25, -0.2) is 0 Å². The van der Waals surface area contributed by atoms with Gasteiger partial charge in [0.15, 0.2) is 0 Å². The normalized spacial score (nSPS) is 10.7. The third kappa shape index (κ3) is 4.91. The van der Waals surface area contributed by atoms with Crippen molar-refractivity contribution in [2.75, 3.05) is 6.54 Å². The first-order valence-electron chi connectivity index (χ1n) is 7.27. The van der Waals surface area contributed by atoms with Crippen LogP contribution in [-0.4, -0.2) is 28.6 Å². The molecule has 2 aromatic rings. The largest absolute Gasteiger partial charge is 0.508 e. The Balaban J connectivity index is 1.98. The molecule has 0 fully saturated rings. The Hall–Kier alpha value is -3.22. The van der Waals surface area contributed by atoms with Crippen LogP contribution in [0.1, 0.15) is 22.3 Å². The molecule has 0 spiro atoms. The molecule has 0 radical (unpaired) electrons. The van der Waals surface area contributed by atoms with Crippen molar-refractivity contribution in [1.82, 2.24) is 5.32 Å². The van der Waals surface area contributed by atoms with Crippen molar-refractivity contribution in [2.24, 2.45) is 10.2 Å². The molecular weight excluding hydrogens is 310 g/mol. The third-order valence-corrected chi connectivity index (χ3v) is 3.22. The Morgan fingerprint density at radius 2 is 1.67 bits per heavy atom. The molecule has 0 aliphatic carbocycles. The number of phenolic OH excluding ortho intramolecular Hbond substituents is 1. The molecule has 0 atom stereocenters.